The largest absolute Gasteiger partial charge is 0.492 e. The summed E-state index contributed by atoms with van der Waals surface area (Å²) in [6.45, 7) is 0.662. The van der Waals surface area contributed by atoms with Crippen molar-refractivity contribution >= 4 is 50.8 Å². The van der Waals surface area contributed by atoms with Gasteiger partial charge in [-0.1, -0.05) is 46.3 Å². The minimum Gasteiger partial charge on any atom is -0.492 e. The highest BCUT2D eigenvalue weighted by molar-refractivity contribution is 9.10. The molecule has 6 nitrogen and oxygen atoms in total. The predicted octanol–water partition coefficient (Wildman–Crippen LogP) is 3.85. The first-order chi connectivity index (χ1) is 14.5. The molecule has 2 heterocycles. The maximum Gasteiger partial charge on any atom is 0.293 e. The van der Waals surface area contributed by atoms with Crippen molar-refractivity contribution in [3.8, 4) is 5.75 Å². The number of ether oxygens (including phenoxy) is 1. The maximum atomic E-state index is 12.6. The standard InChI is InChI=1S/C22H19BrN2O4S/c23-17-6-3-4-14(10-17)11-19-21(27)25(22(28)30-19)9-8-24-20(26)16-12-15-5-1-2-7-18(15)29-13-16/h1-7,10-11,16H,8-9,12-13H2,(H,24,26). The van der Waals surface area contributed by atoms with Gasteiger partial charge in [-0.15, -0.1) is 0 Å². The van der Waals surface area contributed by atoms with Crippen LogP contribution in [0, 0.1) is 5.92 Å². The molecule has 1 saturated heterocycles. The van der Waals surface area contributed by atoms with Gasteiger partial charge in [0.05, 0.1) is 10.8 Å². The quantitative estimate of drug-likeness (QED) is 0.649. The topological polar surface area (TPSA) is 75.7 Å². The van der Waals surface area contributed by atoms with E-state index in [-0.39, 0.29) is 36.1 Å². The number of amides is 3. The molecule has 2 aromatic carbocycles. The number of thioether (sulfide) groups is 1. The Kier molecular flexibility index (Phi) is 6.24. The maximum absolute atomic E-state index is 12.6. The van der Waals surface area contributed by atoms with Crippen LogP contribution in [0.1, 0.15) is 11.1 Å². The number of benzene rings is 2. The summed E-state index contributed by atoms with van der Waals surface area (Å²) in [5.41, 5.74) is 1.84. The molecule has 2 aliphatic heterocycles. The molecule has 1 fully saturated rings. The van der Waals surface area contributed by atoms with Gasteiger partial charge in [-0.05, 0) is 53.6 Å². The lowest BCUT2D eigenvalue weighted by Gasteiger charge is -2.24. The second-order valence-electron chi connectivity index (χ2n) is 7.00. The summed E-state index contributed by atoms with van der Waals surface area (Å²) in [5.74, 6) is 0.0538. The highest BCUT2D eigenvalue weighted by Crippen LogP contribution is 2.32. The van der Waals surface area contributed by atoms with Gasteiger partial charge in [-0.2, -0.15) is 0 Å². The molecule has 4 rings (SSSR count). The van der Waals surface area contributed by atoms with Gasteiger partial charge in [0.15, 0.2) is 0 Å². The zero-order valence-corrected chi connectivity index (χ0v) is 18.4. The lowest BCUT2D eigenvalue weighted by atomic mass is 9.96. The van der Waals surface area contributed by atoms with Gasteiger partial charge >= 0.3 is 0 Å². The fourth-order valence-corrected chi connectivity index (χ4v) is 4.65. The van der Waals surface area contributed by atoms with Crippen molar-refractivity contribution in [3.63, 3.8) is 0 Å². The van der Waals surface area contributed by atoms with Crippen LogP contribution in [0.5, 0.6) is 5.75 Å². The van der Waals surface area contributed by atoms with E-state index in [1.54, 1.807) is 6.08 Å². The van der Waals surface area contributed by atoms with E-state index in [4.69, 9.17) is 4.74 Å². The Morgan fingerprint density at radius 2 is 2.07 bits per heavy atom. The predicted molar refractivity (Wildman–Crippen MR) is 119 cm³/mol. The monoisotopic (exact) mass is 486 g/mol. The number of fused-ring (bicyclic) bond motifs is 1. The Hall–Kier alpha value is -2.58. The number of nitrogens with one attached hydrogen (secondary N) is 1. The summed E-state index contributed by atoms with van der Waals surface area (Å²) in [5, 5.41) is 2.49. The van der Waals surface area contributed by atoms with Gasteiger partial charge in [0.2, 0.25) is 5.91 Å². The molecule has 30 heavy (non-hydrogen) atoms. The van der Waals surface area contributed by atoms with Gasteiger partial charge < -0.3 is 10.1 Å². The molecule has 3 amide bonds. The van der Waals surface area contributed by atoms with E-state index in [9.17, 15) is 14.4 Å². The molecule has 0 spiro atoms. The van der Waals surface area contributed by atoms with E-state index < -0.39 is 0 Å². The van der Waals surface area contributed by atoms with Crippen molar-refractivity contribution in [2.24, 2.45) is 5.92 Å². The molecule has 2 aliphatic rings. The Morgan fingerprint density at radius 3 is 2.90 bits per heavy atom. The number of carbonyl (C=O) groups is 3. The zero-order valence-electron chi connectivity index (χ0n) is 16.0. The Labute approximate surface area is 186 Å². The molecule has 0 aliphatic carbocycles. The number of imide groups is 1. The minimum absolute atomic E-state index is 0.135. The highest BCUT2D eigenvalue weighted by atomic mass is 79.9. The third-order valence-electron chi connectivity index (χ3n) is 4.90. The molecule has 0 aromatic heterocycles. The summed E-state index contributed by atoms with van der Waals surface area (Å²) < 4.78 is 6.55. The van der Waals surface area contributed by atoms with Gasteiger partial charge in [0, 0.05) is 17.6 Å². The van der Waals surface area contributed by atoms with Crippen LogP contribution in [0.4, 0.5) is 4.79 Å². The Morgan fingerprint density at radius 1 is 1.23 bits per heavy atom. The summed E-state index contributed by atoms with van der Waals surface area (Å²) in [4.78, 5) is 38.9. The first kappa shape index (κ1) is 20.7. The smallest absolute Gasteiger partial charge is 0.293 e. The van der Waals surface area contributed by atoms with Gasteiger partial charge in [-0.3, -0.25) is 19.3 Å². The summed E-state index contributed by atoms with van der Waals surface area (Å²) in [7, 11) is 0. The number of carbonyl (C=O) groups excluding carboxylic acids is 3. The summed E-state index contributed by atoms with van der Waals surface area (Å²) in [6, 6.07) is 15.2. The molecule has 0 radical (unpaired) electrons. The van der Waals surface area contributed by atoms with Crippen LogP contribution in [-0.2, 0) is 16.0 Å². The third kappa shape index (κ3) is 4.60. The second kappa shape index (κ2) is 9.06. The zero-order chi connectivity index (χ0) is 21.1. The molecule has 0 bridgehead atoms. The van der Waals surface area contributed by atoms with Crippen LogP contribution in [0.25, 0.3) is 6.08 Å². The molecule has 1 atom stereocenters. The van der Waals surface area contributed by atoms with Crippen LogP contribution < -0.4 is 10.1 Å². The van der Waals surface area contributed by atoms with Crippen LogP contribution in [0.3, 0.4) is 0 Å². The van der Waals surface area contributed by atoms with E-state index in [0.717, 1.165) is 33.1 Å². The van der Waals surface area contributed by atoms with Gasteiger partial charge in [0.25, 0.3) is 11.1 Å². The lowest BCUT2D eigenvalue weighted by molar-refractivity contribution is -0.127. The molecule has 1 unspecified atom stereocenters. The number of para-hydroxylation sites is 1. The number of nitrogens with zero attached hydrogens (tertiary/aromatic N) is 1. The fourth-order valence-electron chi connectivity index (χ4n) is 3.37. The van der Waals surface area contributed by atoms with E-state index in [2.05, 4.69) is 21.2 Å². The Balaban J connectivity index is 1.31. The number of hydrogen-bond donors (Lipinski definition) is 1. The van der Waals surface area contributed by atoms with E-state index in [1.807, 2.05) is 48.5 Å². The van der Waals surface area contributed by atoms with E-state index >= 15 is 0 Å². The van der Waals surface area contributed by atoms with Crippen molar-refractivity contribution in [1.82, 2.24) is 10.2 Å². The average Bonchev–Trinajstić information content (AvgIpc) is 3.00. The molecular weight excluding hydrogens is 468 g/mol. The third-order valence-corrected chi connectivity index (χ3v) is 6.31. The average molecular weight is 487 g/mol. The second-order valence-corrected chi connectivity index (χ2v) is 8.91. The number of hydrogen-bond acceptors (Lipinski definition) is 5. The van der Waals surface area contributed by atoms with Crippen LogP contribution in [-0.4, -0.2) is 41.6 Å². The van der Waals surface area contributed by atoms with Crippen LogP contribution in [0.2, 0.25) is 0 Å². The SMILES string of the molecule is O=C(NCCN1C(=O)SC(=Cc2cccc(Br)c2)C1=O)C1COc2ccccc2C1. The molecule has 0 saturated carbocycles. The van der Waals surface area contributed by atoms with Crippen molar-refractivity contribution in [2.75, 3.05) is 19.7 Å². The fraction of sp³-hybridized carbons (Fsp3) is 0.227. The molecule has 2 aromatic rings. The van der Waals surface area contributed by atoms with Crippen LogP contribution >= 0.6 is 27.7 Å². The minimum atomic E-state index is -0.339. The van der Waals surface area contributed by atoms with Gasteiger partial charge in [-0.25, -0.2) is 0 Å². The van der Waals surface area contributed by atoms with E-state index in [0.29, 0.717) is 17.9 Å². The van der Waals surface area contributed by atoms with Crippen molar-refractivity contribution in [1.29, 1.82) is 0 Å². The van der Waals surface area contributed by atoms with Crippen molar-refractivity contribution in [3.05, 3.63) is 69.0 Å². The molecule has 1 N–H and O–H groups in total. The Bertz CT molecular complexity index is 1040. The van der Waals surface area contributed by atoms with E-state index in [1.165, 1.54) is 4.90 Å². The number of rotatable bonds is 5. The summed E-state index contributed by atoms with van der Waals surface area (Å²) in [6.07, 6.45) is 2.31. The van der Waals surface area contributed by atoms with Crippen molar-refractivity contribution < 1.29 is 19.1 Å². The number of halogens is 1. The summed E-state index contributed by atoms with van der Waals surface area (Å²) >= 11 is 4.30. The van der Waals surface area contributed by atoms with Crippen LogP contribution in [0.15, 0.2) is 57.9 Å². The highest BCUT2D eigenvalue weighted by Gasteiger charge is 2.35. The lowest BCUT2D eigenvalue weighted by Crippen LogP contribution is -2.42. The molecule has 8 heteroatoms. The molecule has 154 valence electrons. The molecular formula is C22H19BrN2O4S. The van der Waals surface area contributed by atoms with Gasteiger partial charge in [0.1, 0.15) is 12.4 Å². The first-order valence-corrected chi connectivity index (χ1v) is 11.1. The first-order valence-electron chi connectivity index (χ1n) is 9.50. The van der Waals surface area contributed by atoms with Crippen molar-refractivity contribution in [2.45, 2.75) is 6.42 Å². The normalized spacial score (nSPS) is 19.6.